The maximum absolute atomic E-state index is 13.0. The van der Waals surface area contributed by atoms with Gasteiger partial charge in [-0.05, 0) is 24.7 Å². The minimum absolute atomic E-state index is 0.0722. The van der Waals surface area contributed by atoms with Crippen LogP contribution in [0.2, 0.25) is 0 Å². The number of benzene rings is 2. The van der Waals surface area contributed by atoms with Gasteiger partial charge in [-0.25, -0.2) is 0 Å². The highest BCUT2D eigenvalue weighted by molar-refractivity contribution is 5.85. The molecule has 0 spiro atoms. The summed E-state index contributed by atoms with van der Waals surface area (Å²) in [5, 5.41) is 10.9. The van der Waals surface area contributed by atoms with Crippen LogP contribution in [-0.4, -0.2) is 48.1 Å². The molecule has 4 rings (SSSR count). The molecule has 134 valence electrons. The Morgan fingerprint density at radius 1 is 1.04 bits per heavy atom. The van der Waals surface area contributed by atoms with Gasteiger partial charge in [-0.15, -0.1) is 0 Å². The lowest BCUT2D eigenvalue weighted by Crippen LogP contribution is -2.43. The zero-order valence-electron chi connectivity index (χ0n) is 14.8. The predicted octanol–water partition coefficient (Wildman–Crippen LogP) is 2.91. The third kappa shape index (κ3) is 3.11. The number of hydrogen-bond donors (Lipinski definition) is 1. The molecule has 1 saturated heterocycles. The second kappa shape index (κ2) is 6.94. The van der Waals surface area contributed by atoms with Crippen LogP contribution >= 0.6 is 0 Å². The number of nitrogens with zero attached hydrogens (tertiary/aromatic N) is 2. The van der Waals surface area contributed by atoms with Crippen molar-refractivity contribution < 1.29 is 9.52 Å². The summed E-state index contributed by atoms with van der Waals surface area (Å²) in [7, 11) is 2.11. The summed E-state index contributed by atoms with van der Waals surface area (Å²) in [5.41, 5.74) is 2.46. The summed E-state index contributed by atoms with van der Waals surface area (Å²) < 4.78 is 5.86. The van der Waals surface area contributed by atoms with Crippen LogP contribution in [0.15, 0.2) is 57.9 Å². The van der Waals surface area contributed by atoms with Crippen LogP contribution < -0.4 is 5.43 Å². The molecule has 0 radical (unpaired) electrons. The zero-order chi connectivity index (χ0) is 18.1. The number of hydrogen-bond acceptors (Lipinski definition) is 5. The second-order valence-corrected chi connectivity index (χ2v) is 6.86. The van der Waals surface area contributed by atoms with E-state index in [1.807, 2.05) is 30.3 Å². The van der Waals surface area contributed by atoms with E-state index in [1.165, 1.54) is 6.26 Å². The van der Waals surface area contributed by atoms with Gasteiger partial charge in [0.1, 0.15) is 17.6 Å². The van der Waals surface area contributed by atoms with Crippen LogP contribution in [0.4, 0.5) is 0 Å². The monoisotopic (exact) mass is 350 g/mol. The third-order valence-corrected chi connectivity index (χ3v) is 5.08. The van der Waals surface area contributed by atoms with Crippen LogP contribution in [0.1, 0.15) is 5.56 Å². The molecule has 0 aliphatic carbocycles. The number of fused-ring (bicyclic) bond motifs is 1. The maximum atomic E-state index is 13.0. The summed E-state index contributed by atoms with van der Waals surface area (Å²) in [4.78, 5) is 17.5. The summed E-state index contributed by atoms with van der Waals surface area (Å²) in [6.07, 6.45) is 1.51. The highest BCUT2D eigenvalue weighted by Gasteiger charge is 2.19. The summed E-state index contributed by atoms with van der Waals surface area (Å²) in [6, 6.07) is 12.7. The molecule has 2 heterocycles. The Morgan fingerprint density at radius 2 is 1.77 bits per heavy atom. The first-order valence-electron chi connectivity index (χ1n) is 8.86. The van der Waals surface area contributed by atoms with Crippen LogP contribution in [0, 0.1) is 0 Å². The van der Waals surface area contributed by atoms with E-state index in [-0.39, 0.29) is 11.2 Å². The largest absolute Gasteiger partial charge is 0.507 e. The van der Waals surface area contributed by atoms with Crippen LogP contribution in [0.25, 0.3) is 22.1 Å². The van der Waals surface area contributed by atoms with Crippen molar-refractivity contribution in [3.8, 4) is 16.9 Å². The average molecular weight is 350 g/mol. The van der Waals surface area contributed by atoms with Gasteiger partial charge in [0.2, 0.25) is 5.43 Å². The molecule has 0 bridgehead atoms. The molecule has 1 aliphatic rings. The van der Waals surface area contributed by atoms with Gasteiger partial charge in [-0.3, -0.25) is 9.69 Å². The first kappa shape index (κ1) is 16.8. The zero-order valence-corrected chi connectivity index (χ0v) is 14.8. The van der Waals surface area contributed by atoms with Crippen LogP contribution in [-0.2, 0) is 6.54 Å². The molecule has 5 heteroatoms. The highest BCUT2D eigenvalue weighted by atomic mass is 16.3. The first-order valence-corrected chi connectivity index (χ1v) is 8.86. The van der Waals surface area contributed by atoms with Gasteiger partial charge in [0, 0.05) is 32.7 Å². The smallest absolute Gasteiger partial charge is 0.200 e. The standard InChI is InChI=1S/C21H22N2O3/c1-22-9-11-23(12-10-22)13-17-19(24)8-7-16-20(25)18(14-26-21(16)17)15-5-3-2-4-6-15/h2-8,14,24H,9-13H2,1H3. The molecule has 1 fully saturated rings. The summed E-state index contributed by atoms with van der Waals surface area (Å²) >= 11 is 0. The van der Waals surface area contributed by atoms with Gasteiger partial charge in [0.15, 0.2) is 0 Å². The van der Waals surface area contributed by atoms with Crippen molar-refractivity contribution >= 4 is 11.0 Å². The Kier molecular flexibility index (Phi) is 4.49. The minimum atomic E-state index is -0.0722. The number of phenolic OH excluding ortho intramolecular Hbond substituents is 1. The Balaban J connectivity index is 1.76. The molecule has 1 N–H and O–H groups in total. The fourth-order valence-corrected chi connectivity index (χ4v) is 3.45. The number of aromatic hydroxyl groups is 1. The number of phenols is 1. The Bertz CT molecular complexity index is 974. The van der Waals surface area contributed by atoms with Gasteiger partial charge >= 0.3 is 0 Å². The van der Waals surface area contributed by atoms with E-state index in [1.54, 1.807) is 12.1 Å². The van der Waals surface area contributed by atoms with Crippen molar-refractivity contribution in [2.45, 2.75) is 6.54 Å². The number of rotatable bonds is 3. The van der Waals surface area contributed by atoms with E-state index in [9.17, 15) is 9.90 Å². The van der Waals surface area contributed by atoms with E-state index < -0.39 is 0 Å². The van der Waals surface area contributed by atoms with Gasteiger partial charge in [0.25, 0.3) is 0 Å². The number of likely N-dealkylation sites (N-methyl/N-ethyl adjacent to an activating group) is 1. The molecular weight excluding hydrogens is 328 g/mol. The average Bonchev–Trinajstić information content (AvgIpc) is 2.66. The third-order valence-electron chi connectivity index (χ3n) is 5.08. The normalized spacial score (nSPS) is 16.2. The SMILES string of the molecule is CN1CCN(Cc2c(O)ccc3c(=O)c(-c4ccccc4)coc23)CC1. The molecule has 26 heavy (non-hydrogen) atoms. The van der Waals surface area contributed by atoms with Crippen molar-refractivity contribution in [1.29, 1.82) is 0 Å². The Hall–Kier alpha value is -2.63. The summed E-state index contributed by atoms with van der Waals surface area (Å²) in [6.45, 7) is 4.42. The highest BCUT2D eigenvalue weighted by Crippen LogP contribution is 2.29. The molecule has 3 aromatic rings. The van der Waals surface area contributed by atoms with Crippen molar-refractivity contribution in [3.63, 3.8) is 0 Å². The van der Waals surface area contributed by atoms with E-state index in [2.05, 4.69) is 16.8 Å². The maximum Gasteiger partial charge on any atom is 0.200 e. The molecule has 2 aromatic carbocycles. The van der Waals surface area contributed by atoms with E-state index in [4.69, 9.17) is 4.42 Å². The topological polar surface area (TPSA) is 56.9 Å². The first-order chi connectivity index (χ1) is 12.6. The molecule has 0 unspecified atom stereocenters. The van der Waals surface area contributed by atoms with E-state index in [0.29, 0.717) is 28.6 Å². The van der Waals surface area contributed by atoms with Crippen molar-refractivity contribution in [2.75, 3.05) is 33.2 Å². The molecule has 1 aromatic heterocycles. The van der Waals surface area contributed by atoms with Crippen molar-refractivity contribution in [3.05, 3.63) is 64.5 Å². The Labute approximate surface area is 152 Å². The quantitative estimate of drug-likeness (QED) is 0.787. The molecule has 0 saturated carbocycles. The lowest BCUT2D eigenvalue weighted by Gasteiger charge is -2.32. The molecular formula is C21H22N2O3. The molecule has 0 atom stereocenters. The lowest BCUT2D eigenvalue weighted by atomic mass is 10.0. The van der Waals surface area contributed by atoms with Crippen molar-refractivity contribution in [1.82, 2.24) is 9.80 Å². The van der Waals surface area contributed by atoms with E-state index in [0.717, 1.165) is 31.7 Å². The van der Waals surface area contributed by atoms with Gasteiger partial charge in [-0.2, -0.15) is 0 Å². The second-order valence-electron chi connectivity index (χ2n) is 6.86. The summed E-state index contributed by atoms with van der Waals surface area (Å²) in [5.74, 6) is 0.173. The van der Waals surface area contributed by atoms with Gasteiger partial charge in [-0.1, -0.05) is 30.3 Å². The van der Waals surface area contributed by atoms with Crippen molar-refractivity contribution in [2.24, 2.45) is 0 Å². The lowest BCUT2D eigenvalue weighted by molar-refractivity contribution is 0.147. The molecule has 5 nitrogen and oxygen atoms in total. The van der Waals surface area contributed by atoms with Crippen LogP contribution in [0.3, 0.4) is 0 Å². The minimum Gasteiger partial charge on any atom is -0.507 e. The van der Waals surface area contributed by atoms with Crippen LogP contribution in [0.5, 0.6) is 5.75 Å². The van der Waals surface area contributed by atoms with Gasteiger partial charge < -0.3 is 14.4 Å². The predicted molar refractivity (Wildman–Crippen MR) is 102 cm³/mol. The molecule has 1 aliphatic heterocycles. The molecule has 0 amide bonds. The van der Waals surface area contributed by atoms with Gasteiger partial charge in [0.05, 0.1) is 16.5 Å². The number of piperazine rings is 1. The Morgan fingerprint density at radius 3 is 2.50 bits per heavy atom. The van der Waals surface area contributed by atoms with E-state index >= 15 is 0 Å². The fraction of sp³-hybridized carbons (Fsp3) is 0.286. The fourth-order valence-electron chi connectivity index (χ4n) is 3.45.